The van der Waals surface area contributed by atoms with Crippen molar-refractivity contribution in [1.29, 1.82) is 0 Å². The van der Waals surface area contributed by atoms with Gasteiger partial charge in [-0.15, -0.1) is 11.8 Å². The van der Waals surface area contributed by atoms with Crippen LogP contribution in [0, 0.1) is 6.92 Å². The molecule has 0 saturated heterocycles. The van der Waals surface area contributed by atoms with Crippen molar-refractivity contribution in [2.75, 3.05) is 11.1 Å². The second-order valence-corrected chi connectivity index (χ2v) is 6.81. The molecule has 1 nitrogen and oxygen atoms in total. The fourth-order valence-corrected chi connectivity index (χ4v) is 3.22. The van der Waals surface area contributed by atoms with E-state index in [9.17, 15) is 0 Å². The highest BCUT2D eigenvalue weighted by Gasteiger charge is 2.06. The molecule has 1 atom stereocenters. The first-order chi connectivity index (χ1) is 10.2. The lowest BCUT2D eigenvalue weighted by atomic mass is 10.0. The standard InChI is InChI=1S/C19H25NS/c1-4-21-19-11-6-5-10-18(19)20-16(3)12-13-17-9-7-8-15(2)14-17/h5-11,14,16,20H,4,12-13H2,1-3H3. The zero-order chi connectivity index (χ0) is 15.1. The van der Waals surface area contributed by atoms with Crippen LogP contribution in [0.1, 0.15) is 31.4 Å². The lowest BCUT2D eigenvalue weighted by molar-refractivity contribution is 0.704. The second-order valence-electron chi connectivity index (χ2n) is 5.50. The highest BCUT2D eigenvalue weighted by Crippen LogP contribution is 2.27. The van der Waals surface area contributed by atoms with Crippen molar-refractivity contribution in [2.24, 2.45) is 0 Å². The molecule has 0 aliphatic heterocycles. The maximum Gasteiger partial charge on any atom is 0.0480 e. The molecule has 2 heteroatoms. The van der Waals surface area contributed by atoms with Gasteiger partial charge in [-0.3, -0.25) is 0 Å². The fourth-order valence-electron chi connectivity index (χ4n) is 2.46. The summed E-state index contributed by atoms with van der Waals surface area (Å²) in [6.07, 6.45) is 2.27. The van der Waals surface area contributed by atoms with E-state index in [1.54, 1.807) is 0 Å². The highest BCUT2D eigenvalue weighted by atomic mass is 32.2. The summed E-state index contributed by atoms with van der Waals surface area (Å²) in [5.74, 6) is 1.11. The minimum absolute atomic E-state index is 0.476. The lowest BCUT2D eigenvalue weighted by Crippen LogP contribution is -2.16. The van der Waals surface area contributed by atoms with Gasteiger partial charge in [-0.2, -0.15) is 0 Å². The van der Waals surface area contributed by atoms with Crippen molar-refractivity contribution in [2.45, 2.75) is 44.6 Å². The zero-order valence-electron chi connectivity index (χ0n) is 13.2. The van der Waals surface area contributed by atoms with Gasteiger partial charge in [0.2, 0.25) is 0 Å². The third-order valence-electron chi connectivity index (χ3n) is 3.54. The van der Waals surface area contributed by atoms with E-state index in [0.717, 1.165) is 18.6 Å². The molecule has 1 unspecified atom stereocenters. The quantitative estimate of drug-likeness (QED) is 0.674. The Morgan fingerprint density at radius 2 is 1.90 bits per heavy atom. The smallest absolute Gasteiger partial charge is 0.0480 e. The van der Waals surface area contributed by atoms with E-state index in [1.807, 2.05) is 11.8 Å². The molecule has 0 bridgehead atoms. The van der Waals surface area contributed by atoms with Crippen LogP contribution in [0.3, 0.4) is 0 Å². The van der Waals surface area contributed by atoms with E-state index in [1.165, 1.54) is 21.7 Å². The van der Waals surface area contributed by atoms with Crippen molar-refractivity contribution in [3.8, 4) is 0 Å². The van der Waals surface area contributed by atoms with Crippen LogP contribution in [-0.2, 0) is 6.42 Å². The normalized spacial score (nSPS) is 12.1. The van der Waals surface area contributed by atoms with E-state index in [0.29, 0.717) is 6.04 Å². The van der Waals surface area contributed by atoms with Crippen LogP contribution >= 0.6 is 11.8 Å². The molecule has 1 N–H and O–H groups in total. The summed E-state index contributed by atoms with van der Waals surface area (Å²) >= 11 is 1.90. The molecule has 0 aromatic heterocycles. The maximum atomic E-state index is 3.66. The first-order valence-corrected chi connectivity index (χ1v) is 8.71. The highest BCUT2D eigenvalue weighted by molar-refractivity contribution is 7.99. The number of nitrogens with one attached hydrogen (secondary N) is 1. The number of aryl methyl sites for hydroxylation is 2. The molecule has 21 heavy (non-hydrogen) atoms. The minimum Gasteiger partial charge on any atom is -0.382 e. The molecular formula is C19H25NS. The van der Waals surface area contributed by atoms with Gasteiger partial charge in [0.25, 0.3) is 0 Å². The number of rotatable bonds is 7. The molecular weight excluding hydrogens is 274 g/mol. The maximum absolute atomic E-state index is 3.66. The van der Waals surface area contributed by atoms with Crippen LogP contribution in [0.5, 0.6) is 0 Å². The summed E-state index contributed by atoms with van der Waals surface area (Å²) < 4.78 is 0. The van der Waals surface area contributed by atoms with E-state index in [2.05, 4.69) is 74.6 Å². The Kier molecular flexibility index (Phi) is 6.19. The van der Waals surface area contributed by atoms with Gasteiger partial charge in [0.1, 0.15) is 0 Å². The Labute approximate surface area is 133 Å². The third kappa shape index (κ3) is 5.13. The van der Waals surface area contributed by atoms with Crippen molar-refractivity contribution >= 4 is 17.4 Å². The summed E-state index contributed by atoms with van der Waals surface area (Å²) in [4.78, 5) is 1.35. The number of para-hydroxylation sites is 1. The summed E-state index contributed by atoms with van der Waals surface area (Å²) in [6, 6.07) is 17.9. The van der Waals surface area contributed by atoms with Crippen LogP contribution in [0.2, 0.25) is 0 Å². The predicted molar refractivity (Wildman–Crippen MR) is 95.4 cm³/mol. The topological polar surface area (TPSA) is 12.0 Å². The number of thioether (sulfide) groups is 1. The Morgan fingerprint density at radius 1 is 1.10 bits per heavy atom. The molecule has 0 radical (unpaired) electrons. The summed E-state index contributed by atoms with van der Waals surface area (Å²) in [5, 5.41) is 3.66. The fraction of sp³-hybridized carbons (Fsp3) is 0.368. The van der Waals surface area contributed by atoms with E-state index >= 15 is 0 Å². The Hall–Kier alpha value is -1.41. The number of hydrogen-bond acceptors (Lipinski definition) is 2. The van der Waals surface area contributed by atoms with Crippen molar-refractivity contribution in [3.63, 3.8) is 0 Å². The number of anilines is 1. The third-order valence-corrected chi connectivity index (χ3v) is 4.49. The predicted octanol–water partition coefficient (Wildman–Crippen LogP) is 5.54. The Morgan fingerprint density at radius 3 is 2.67 bits per heavy atom. The minimum atomic E-state index is 0.476. The monoisotopic (exact) mass is 299 g/mol. The molecule has 0 fully saturated rings. The largest absolute Gasteiger partial charge is 0.382 e. The first-order valence-electron chi connectivity index (χ1n) is 7.73. The van der Waals surface area contributed by atoms with Crippen LogP contribution in [0.15, 0.2) is 53.4 Å². The lowest BCUT2D eigenvalue weighted by Gasteiger charge is -2.18. The Balaban J connectivity index is 1.91. The average molecular weight is 299 g/mol. The molecule has 0 amide bonds. The molecule has 0 heterocycles. The van der Waals surface area contributed by atoms with Crippen molar-refractivity contribution < 1.29 is 0 Å². The molecule has 2 aromatic rings. The summed E-state index contributed by atoms with van der Waals surface area (Å²) in [6.45, 7) is 6.62. The second kappa shape index (κ2) is 8.14. The van der Waals surface area contributed by atoms with Crippen LogP contribution in [-0.4, -0.2) is 11.8 Å². The molecule has 2 aromatic carbocycles. The molecule has 0 spiro atoms. The molecule has 0 aliphatic rings. The summed E-state index contributed by atoms with van der Waals surface area (Å²) in [7, 11) is 0. The molecule has 0 aliphatic carbocycles. The van der Waals surface area contributed by atoms with Gasteiger partial charge in [0, 0.05) is 16.6 Å². The van der Waals surface area contributed by atoms with Crippen molar-refractivity contribution in [3.05, 3.63) is 59.7 Å². The van der Waals surface area contributed by atoms with Gasteiger partial charge in [0.05, 0.1) is 0 Å². The van der Waals surface area contributed by atoms with Crippen LogP contribution in [0.4, 0.5) is 5.69 Å². The van der Waals surface area contributed by atoms with Gasteiger partial charge in [0.15, 0.2) is 0 Å². The van der Waals surface area contributed by atoms with E-state index < -0.39 is 0 Å². The zero-order valence-corrected chi connectivity index (χ0v) is 14.0. The van der Waals surface area contributed by atoms with E-state index in [4.69, 9.17) is 0 Å². The van der Waals surface area contributed by atoms with Gasteiger partial charge in [-0.05, 0) is 50.1 Å². The SMILES string of the molecule is CCSc1ccccc1NC(C)CCc1cccc(C)c1. The number of hydrogen-bond donors (Lipinski definition) is 1. The summed E-state index contributed by atoms with van der Waals surface area (Å²) in [5.41, 5.74) is 4.04. The Bertz CT molecular complexity index is 565. The van der Waals surface area contributed by atoms with Crippen LogP contribution < -0.4 is 5.32 Å². The molecule has 0 saturated carbocycles. The van der Waals surface area contributed by atoms with Crippen molar-refractivity contribution in [1.82, 2.24) is 0 Å². The van der Waals surface area contributed by atoms with Gasteiger partial charge >= 0.3 is 0 Å². The number of benzene rings is 2. The first kappa shape index (κ1) is 16.0. The van der Waals surface area contributed by atoms with Gasteiger partial charge < -0.3 is 5.32 Å². The average Bonchev–Trinajstić information content (AvgIpc) is 2.48. The van der Waals surface area contributed by atoms with Crippen LogP contribution in [0.25, 0.3) is 0 Å². The van der Waals surface area contributed by atoms with Gasteiger partial charge in [-0.25, -0.2) is 0 Å². The molecule has 2 rings (SSSR count). The van der Waals surface area contributed by atoms with E-state index in [-0.39, 0.29) is 0 Å². The molecule has 112 valence electrons. The van der Waals surface area contributed by atoms with Gasteiger partial charge in [-0.1, -0.05) is 48.9 Å².